The van der Waals surface area contributed by atoms with Crippen molar-refractivity contribution in [3.05, 3.63) is 64.5 Å². The monoisotopic (exact) mass is 324 g/mol. The summed E-state index contributed by atoms with van der Waals surface area (Å²) in [6.45, 7) is 6.67. The van der Waals surface area contributed by atoms with Gasteiger partial charge in [0.05, 0.1) is 16.8 Å². The Hall–Kier alpha value is -2.20. The van der Waals surface area contributed by atoms with Crippen LogP contribution in [-0.4, -0.2) is 10.4 Å². The van der Waals surface area contributed by atoms with Crippen molar-refractivity contribution in [2.45, 2.75) is 32.7 Å². The second kappa shape index (κ2) is 5.78. The maximum atomic E-state index is 12.6. The Kier molecular flexibility index (Phi) is 3.94. The minimum atomic E-state index is 0.0347. The maximum absolute atomic E-state index is 12.6. The third kappa shape index (κ3) is 3.13. The van der Waals surface area contributed by atoms with E-state index < -0.39 is 0 Å². The third-order valence-corrected chi connectivity index (χ3v) is 4.96. The predicted molar refractivity (Wildman–Crippen MR) is 95.1 cm³/mol. The normalized spacial score (nSPS) is 11.8. The lowest BCUT2D eigenvalue weighted by Gasteiger charge is -2.19. The summed E-state index contributed by atoms with van der Waals surface area (Å²) in [6, 6.07) is 15.7. The number of rotatable bonds is 3. The molecule has 0 saturated carbocycles. The van der Waals surface area contributed by atoms with Crippen LogP contribution in [0.4, 0.5) is 0 Å². The van der Waals surface area contributed by atoms with E-state index in [0.717, 1.165) is 10.2 Å². The van der Waals surface area contributed by atoms with Gasteiger partial charge in [-0.05, 0) is 23.1 Å². The molecule has 0 radical (unpaired) electrons. The van der Waals surface area contributed by atoms with Gasteiger partial charge in [0.1, 0.15) is 0 Å². The first kappa shape index (κ1) is 15.7. The Morgan fingerprint density at radius 2 is 1.74 bits per heavy atom. The van der Waals surface area contributed by atoms with E-state index in [9.17, 15) is 4.79 Å². The number of carbonyl (C=O) groups excluding carboxylic acids is 1. The third-order valence-electron chi connectivity index (χ3n) is 3.98. The molecule has 3 aromatic rings. The van der Waals surface area contributed by atoms with Crippen molar-refractivity contribution in [3.63, 3.8) is 0 Å². The highest BCUT2D eigenvalue weighted by Crippen LogP contribution is 2.22. The SMILES string of the molecule is CC(C)(C)c1ccc(C(=O)Cn2c(=N)sc3ccccc32)cc1. The smallest absolute Gasteiger partial charge is 0.183 e. The molecule has 0 unspecified atom stereocenters. The Balaban J connectivity index is 1.89. The average Bonchev–Trinajstić information content (AvgIpc) is 2.82. The molecular formula is C19H20N2OS. The summed E-state index contributed by atoms with van der Waals surface area (Å²) < 4.78 is 2.81. The number of aromatic nitrogens is 1. The summed E-state index contributed by atoms with van der Waals surface area (Å²) in [5.74, 6) is 0.0347. The molecule has 0 atom stereocenters. The number of para-hydroxylation sites is 1. The van der Waals surface area contributed by atoms with Crippen molar-refractivity contribution >= 4 is 27.3 Å². The molecule has 118 valence electrons. The van der Waals surface area contributed by atoms with Crippen LogP contribution in [0.1, 0.15) is 36.7 Å². The van der Waals surface area contributed by atoms with Crippen LogP contribution in [-0.2, 0) is 12.0 Å². The Labute approximate surface area is 139 Å². The van der Waals surface area contributed by atoms with Crippen LogP contribution in [0.15, 0.2) is 48.5 Å². The van der Waals surface area contributed by atoms with E-state index in [-0.39, 0.29) is 17.7 Å². The summed E-state index contributed by atoms with van der Waals surface area (Å²) in [7, 11) is 0. The van der Waals surface area contributed by atoms with Crippen LogP contribution in [0.5, 0.6) is 0 Å². The zero-order chi connectivity index (χ0) is 16.6. The van der Waals surface area contributed by atoms with E-state index in [1.165, 1.54) is 16.9 Å². The molecule has 0 amide bonds. The van der Waals surface area contributed by atoms with Crippen LogP contribution < -0.4 is 4.80 Å². The molecule has 2 aromatic carbocycles. The molecule has 0 bridgehead atoms. The van der Waals surface area contributed by atoms with Gasteiger partial charge in [0.25, 0.3) is 0 Å². The van der Waals surface area contributed by atoms with Gasteiger partial charge in [-0.15, -0.1) is 0 Å². The van der Waals surface area contributed by atoms with E-state index in [2.05, 4.69) is 20.8 Å². The lowest BCUT2D eigenvalue weighted by atomic mass is 9.86. The number of hydrogen-bond acceptors (Lipinski definition) is 3. The number of Topliss-reactive ketones (excluding diaryl/α,β-unsaturated/α-hetero) is 1. The zero-order valence-electron chi connectivity index (χ0n) is 13.6. The molecular weight excluding hydrogens is 304 g/mol. The fourth-order valence-electron chi connectivity index (χ4n) is 2.58. The number of nitrogens with zero attached hydrogens (tertiary/aromatic N) is 1. The number of fused-ring (bicyclic) bond motifs is 1. The molecule has 4 heteroatoms. The summed E-state index contributed by atoms with van der Waals surface area (Å²) in [5, 5.41) is 8.10. The molecule has 0 aliphatic carbocycles. The maximum Gasteiger partial charge on any atom is 0.183 e. The number of ketones is 1. The van der Waals surface area contributed by atoms with E-state index in [1.807, 2.05) is 48.5 Å². The molecule has 3 nitrogen and oxygen atoms in total. The standard InChI is InChI=1S/C19H20N2OS/c1-19(2,3)14-10-8-13(9-11-14)16(22)12-21-15-6-4-5-7-17(15)23-18(21)20/h4-11,20H,12H2,1-3H3. The van der Waals surface area contributed by atoms with E-state index in [1.54, 1.807) is 4.57 Å². The number of nitrogens with one attached hydrogen (secondary N) is 1. The van der Waals surface area contributed by atoms with Crippen LogP contribution in [0.25, 0.3) is 10.2 Å². The van der Waals surface area contributed by atoms with Crippen molar-refractivity contribution in [3.8, 4) is 0 Å². The molecule has 0 fully saturated rings. The van der Waals surface area contributed by atoms with Crippen LogP contribution in [0.3, 0.4) is 0 Å². The van der Waals surface area contributed by atoms with Gasteiger partial charge in [0.2, 0.25) is 0 Å². The second-order valence-corrected chi connectivity index (χ2v) is 7.74. The highest BCUT2D eigenvalue weighted by atomic mass is 32.1. The van der Waals surface area contributed by atoms with Crippen LogP contribution >= 0.6 is 11.3 Å². The van der Waals surface area contributed by atoms with Crippen LogP contribution in [0.2, 0.25) is 0 Å². The fraction of sp³-hybridized carbons (Fsp3) is 0.263. The first-order chi connectivity index (χ1) is 10.9. The molecule has 1 heterocycles. The van der Waals surface area contributed by atoms with E-state index in [4.69, 9.17) is 5.41 Å². The fourth-order valence-corrected chi connectivity index (χ4v) is 3.49. The molecule has 23 heavy (non-hydrogen) atoms. The van der Waals surface area contributed by atoms with Gasteiger partial charge in [0, 0.05) is 5.56 Å². The predicted octanol–water partition coefficient (Wildman–Crippen LogP) is 4.36. The van der Waals surface area contributed by atoms with Gasteiger partial charge in [-0.1, -0.05) is 68.5 Å². The summed E-state index contributed by atoms with van der Waals surface area (Å²) in [6.07, 6.45) is 0. The highest BCUT2D eigenvalue weighted by molar-refractivity contribution is 7.16. The second-order valence-electron chi connectivity index (χ2n) is 6.71. The lowest BCUT2D eigenvalue weighted by Crippen LogP contribution is -2.19. The van der Waals surface area contributed by atoms with Crippen molar-refractivity contribution < 1.29 is 4.79 Å². The zero-order valence-corrected chi connectivity index (χ0v) is 14.4. The molecule has 0 saturated heterocycles. The van der Waals surface area contributed by atoms with Crippen molar-refractivity contribution in [1.82, 2.24) is 4.57 Å². The lowest BCUT2D eigenvalue weighted by molar-refractivity contribution is 0.0972. The first-order valence-corrected chi connectivity index (χ1v) is 8.44. The summed E-state index contributed by atoms with van der Waals surface area (Å²) in [4.78, 5) is 13.0. The van der Waals surface area contributed by atoms with Gasteiger partial charge in [-0.2, -0.15) is 0 Å². The number of hydrogen-bond donors (Lipinski definition) is 1. The first-order valence-electron chi connectivity index (χ1n) is 7.63. The van der Waals surface area contributed by atoms with Crippen molar-refractivity contribution in [2.75, 3.05) is 0 Å². The molecule has 1 aromatic heterocycles. The number of thiazole rings is 1. The number of carbonyl (C=O) groups is 1. The molecule has 0 aliphatic rings. The Bertz CT molecular complexity index is 911. The van der Waals surface area contributed by atoms with Crippen molar-refractivity contribution in [1.29, 1.82) is 5.41 Å². The molecule has 0 spiro atoms. The molecule has 0 aliphatic heterocycles. The van der Waals surface area contributed by atoms with Crippen LogP contribution in [0, 0.1) is 5.41 Å². The van der Waals surface area contributed by atoms with E-state index in [0.29, 0.717) is 10.4 Å². The average molecular weight is 324 g/mol. The minimum Gasteiger partial charge on any atom is -0.309 e. The van der Waals surface area contributed by atoms with Crippen molar-refractivity contribution in [2.24, 2.45) is 0 Å². The largest absolute Gasteiger partial charge is 0.309 e. The highest BCUT2D eigenvalue weighted by Gasteiger charge is 2.15. The van der Waals surface area contributed by atoms with Gasteiger partial charge in [-0.25, -0.2) is 0 Å². The minimum absolute atomic E-state index is 0.0347. The Morgan fingerprint density at radius 1 is 1.09 bits per heavy atom. The van der Waals surface area contributed by atoms with E-state index >= 15 is 0 Å². The number of benzene rings is 2. The topological polar surface area (TPSA) is 45.9 Å². The van der Waals surface area contributed by atoms with Gasteiger partial charge in [0.15, 0.2) is 10.6 Å². The molecule has 3 rings (SSSR count). The summed E-state index contributed by atoms with van der Waals surface area (Å²) in [5.41, 5.74) is 2.93. The molecule has 1 N–H and O–H groups in total. The summed E-state index contributed by atoms with van der Waals surface area (Å²) >= 11 is 1.40. The van der Waals surface area contributed by atoms with Gasteiger partial charge >= 0.3 is 0 Å². The van der Waals surface area contributed by atoms with Gasteiger partial charge < -0.3 is 4.57 Å². The quantitative estimate of drug-likeness (QED) is 0.715. The Morgan fingerprint density at radius 3 is 2.39 bits per heavy atom. The van der Waals surface area contributed by atoms with Gasteiger partial charge in [-0.3, -0.25) is 10.2 Å².